The zero-order valence-electron chi connectivity index (χ0n) is 12.5. The number of hydrogen-bond donors (Lipinski definition) is 1. The summed E-state index contributed by atoms with van der Waals surface area (Å²) in [6, 6.07) is 3.35. The summed E-state index contributed by atoms with van der Waals surface area (Å²) in [6.07, 6.45) is 1.46. The minimum atomic E-state index is -0.543. The molecule has 0 spiro atoms. The lowest BCUT2D eigenvalue weighted by molar-refractivity contribution is -0.128. The number of likely N-dealkylation sites (N-methyl/N-ethyl adjacent to an activating group) is 1. The van der Waals surface area contributed by atoms with Crippen LogP contribution < -0.4 is 19.5 Å². The number of carbonyl (C=O) groups is 2. The molecule has 3 rings (SSSR count). The highest BCUT2D eigenvalue weighted by Gasteiger charge is 2.31. The number of ether oxygens (including phenoxy) is 3. The van der Waals surface area contributed by atoms with Crippen molar-refractivity contribution in [3.05, 3.63) is 23.3 Å². The van der Waals surface area contributed by atoms with Crippen molar-refractivity contribution in [2.45, 2.75) is 6.92 Å². The van der Waals surface area contributed by atoms with Crippen LogP contribution in [0.2, 0.25) is 0 Å². The van der Waals surface area contributed by atoms with E-state index in [1.807, 2.05) is 6.92 Å². The fourth-order valence-corrected chi connectivity index (χ4v) is 2.41. The Morgan fingerprint density at radius 1 is 1.35 bits per heavy atom. The molecule has 1 aromatic rings. The predicted octanol–water partition coefficient (Wildman–Crippen LogP) is 1.07. The van der Waals surface area contributed by atoms with Crippen molar-refractivity contribution in [1.82, 2.24) is 10.2 Å². The second kappa shape index (κ2) is 5.88. The van der Waals surface area contributed by atoms with Crippen LogP contribution >= 0.6 is 12.2 Å². The van der Waals surface area contributed by atoms with E-state index < -0.39 is 11.8 Å². The quantitative estimate of drug-likeness (QED) is 0.506. The van der Waals surface area contributed by atoms with Crippen molar-refractivity contribution in [3.8, 4) is 17.2 Å². The number of hydrogen-bond acceptors (Lipinski definition) is 6. The van der Waals surface area contributed by atoms with E-state index in [0.29, 0.717) is 29.4 Å². The summed E-state index contributed by atoms with van der Waals surface area (Å²) in [5, 5.41) is 2.54. The number of fused-ring (bicyclic) bond motifs is 1. The molecule has 2 aliphatic rings. The highest BCUT2D eigenvalue weighted by Crippen LogP contribution is 2.39. The molecule has 2 aliphatic heterocycles. The number of nitrogens with one attached hydrogen (secondary N) is 1. The normalized spacial score (nSPS) is 18.4. The number of amides is 2. The Balaban J connectivity index is 2.05. The van der Waals surface area contributed by atoms with Crippen LogP contribution in [0.1, 0.15) is 12.5 Å². The van der Waals surface area contributed by atoms with E-state index in [1.54, 1.807) is 12.1 Å². The van der Waals surface area contributed by atoms with Crippen LogP contribution in [0.15, 0.2) is 17.7 Å². The van der Waals surface area contributed by atoms with Crippen LogP contribution in [0.25, 0.3) is 6.08 Å². The van der Waals surface area contributed by atoms with Crippen LogP contribution in [-0.4, -0.2) is 42.3 Å². The molecule has 0 saturated carbocycles. The van der Waals surface area contributed by atoms with Gasteiger partial charge < -0.3 is 14.2 Å². The first kappa shape index (κ1) is 15.3. The third-order valence-corrected chi connectivity index (χ3v) is 3.79. The van der Waals surface area contributed by atoms with Gasteiger partial charge in [-0.3, -0.25) is 19.8 Å². The van der Waals surface area contributed by atoms with E-state index in [4.69, 9.17) is 26.4 Å². The molecule has 2 heterocycles. The van der Waals surface area contributed by atoms with Gasteiger partial charge in [0.05, 0.1) is 6.61 Å². The average molecular weight is 334 g/mol. The van der Waals surface area contributed by atoms with Crippen LogP contribution in [0, 0.1) is 0 Å². The molecule has 0 radical (unpaired) electrons. The SMILES string of the molecule is CCOc1cc2c(cc1/C=C1/C(=O)NC(=S)N(C)C1=O)OCO2. The Bertz CT molecular complexity index is 744. The third-order valence-electron chi connectivity index (χ3n) is 3.41. The molecule has 1 N–H and O–H groups in total. The molecule has 23 heavy (non-hydrogen) atoms. The van der Waals surface area contributed by atoms with Crippen LogP contribution in [0.5, 0.6) is 17.2 Å². The first-order valence-corrected chi connectivity index (χ1v) is 7.33. The lowest BCUT2D eigenvalue weighted by atomic mass is 10.1. The van der Waals surface area contributed by atoms with Gasteiger partial charge in [-0.1, -0.05) is 0 Å². The lowest BCUT2D eigenvalue weighted by Gasteiger charge is -2.25. The maximum Gasteiger partial charge on any atom is 0.265 e. The van der Waals surface area contributed by atoms with Gasteiger partial charge in [-0.25, -0.2) is 0 Å². The molecule has 0 aromatic heterocycles. The number of benzene rings is 1. The highest BCUT2D eigenvalue weighted by atomic mass is 32.1. The van der Waals surface area contributed by atoms with Crippen LogP contribution in [0.3, 0.4) is 0 Å². The summed E-state index contributed by atoms with van der Waals surface area (Å²) >= 11 is 4.92. The summed E-state index contributed by atoms with van der Waals surface area (Å²) in [6.45, 7) is 2.39. The largest absolute Gasteiger partial charge is 0.493 e. The van der Waals surface area contributed by atoms with Gasteiger partial charge in [0.25, 0.3) is 11.8 Å². The van der Waals surface area contributed by atoms with Crippen LogP contribution in [0.4, 0.5) is 0 Å². The Morgan fingerprint density at radius 3 is 2.74 bits per heavy atom. The van der Waals surface area contributed by atoms with E-state index in [0.717, 1.165) is 0 Å². The standard InChI is InChI=1S/C15H14N2O5S/c1-3-20-10-6-12-11(21-7-22-12)5-8(10)4-9-13(18)16-15(23)17(2)14(9)19/h4-6H,3,7H2,1-2H3,(H,16,18,23)/b9-4-. The molecule has 1 fully saturated rings. The molecular formula is C15H14N2O5S. The molecular weight excluding hydrogens is 320 g/mol. The molecule has 0 unspecified atom stereocenters. The second-order valence-corrected chi connectivity index (χ2v) is 5.24. The molecule has 0 aliphatic carbocycles. The van der Waals surface area contributed by atoms with Crippen molar-refractivity contribution < 1.29 is 23.8 Å². The van der Waals surface area contributed by atoms with E-state index >= 15 is 0 Å². The summed E-state index contributed by atoms with van der Waals surface area (Å²) in [5.41, 5.74) is 0.525. The molecule has 0 bridgehead atoms. The number of nitrogens with zero attached hydrogens (tertiary/aromatic N) is 1. The number of rotatable bonds is 3. The van der Waals surface area contributed by atoms with Gasteiger partial charge in [0.1, 0.15) is 11.3 Å². The van der Waals surface area contributed by atoms with E-state index in [1.165, 1.54) is 18.0 Å². The molecule has 7 nitrogen and oxygen atoms in total. The lowest BCUT2D eigenvalue weighted by Crippen LogP contribution is -2.52. The van der Waals surface area contributed by atoms with E-state index in [-0.39, 0.29) is 17.5 Å². The molecule has 8 heteroatoms. The van der Waals surface area contributed by atoms with Gasteiger partial charge in [-0.15, -0.1) is 0 Å². The van der Waals surface area contributed by atoms with Crippen LogP contribution in [-0.2, 0) is 9.59 Å². The maximum atomic E-state index is 12.3. The van der Waals surface area contributed by atoms with Crippen molar-refractivity contribution in [2.24, 2.45) is 0 Å². The Kier molecular flexibility index (Phi) is 3.91. The van der Waals surface area contributed by atoms with Gasteiger partial charge in [0, 0.05) is 18.7 Å². The average Bonchev–Trinajstić information content (AvgIpc) is 2.97. The Hall–Kier alpha value is -2.61. The third kappa shape index (κ3) is 2.72. The Morgan fingerprint density at radius 2 is 2.04 bits per heavy atom. The topological polar surface area (TPSA) is 77.1 Å². The van der Waals surface area contributed by atoms with Crippen molar-refractivity contribution >= 4 is 35.2 Å². The zero-order valence-corrected chi connectivity index (χ0v) is 13.4. The summed E-state index contributed by atoms with van der Waals surface area (Å²) in [5.74, 6) is 0.582. The maximum absolute atomic E-state index is 12.3. The fraction of sp³-hybridized carbons (Fsp3) is 0.267. The second-order valence-electron chi connectivity index (χ2n) is 4.86. The van der Waals surface area contributed by atoms with Gasteiger partial charge in [0.2, 0.25) is 6.79 Å². The van der Waals surface area contributed by atoms with Gasteiger partial charge in [0.15, 0.2) is 16.6 Å². The Labute approximate surface area is 137 Å². The first-order chi connectivity index (χ1) is 11.0. The van der Waals surface area contributed by atoms with Crippen molar-refractivity contribution in [3.63, 3.8) is 0 Å². The minimum Gasteiger partial charge on any atom is -0.493 e. The predicted molar refractivity (Wildman–Crippen MR) is 85.2 cm³/mol. The van der Waals surface area contributed by atoms with E-state index in [9.17, 15) is 9.59 Å². The van der Waals surface area contributed by atoms with Crippen molar-refractivity contribution in [1.29, 1.82) is 0 Å². The number of carbonyl (C=O) groups excluding carboxylic acids is 2. The number of thiocarbonyl (C=S) groups is 1. The highest BCUT2D eigenvalue weighted by molar-refractivity contribution is 7.80. The van der Waals surface area contributed by atoms with Crippen molar-refractivity contribution in [2.75, 3.05) is 20.4 Å². The summed E-state index contributed by atoms with van der Waals surface area (Å²) in [4.78, 5) is 25.5. The first-order valence-electron chi connectivity index (χ1n) is 6.92. The fourth-order valence-electron chi connectivity index (χ4n) is 2.23. The molecule has 2 amide bonds. The molecule has 0 atom stereocenters. The van der Waals surface area contributed by atoms with Gasteiger partial charge >= 0.3 is 0 Å². The van der Waals surface area contributed by atoms with Gasteiger partial charge in [-0.05, 0) is 31.3 Å². The molecule has 1 aromatic carbocycles. The minimum absolute atomic E-state index is 0.0269. The summed E-state index contributed by atoms with van der Waals surface area (Å²) < 4.78 is 16.2. The summed E-state index contributed by atoms with van der Waals surface area (Å²) in [7, 11) is 1.50. The zero-order chi connectivity index (χ0) is 16.6. The molecule has 120 valence electrons. The molecule has 1 saturated heterocycles. The van der Waals surface area contributed by atoms with Gasteiger partial charge in [-0.2, -0.15) is 0 Å². The smallest absolute Gasteiger partial charge is 0.265 e. The van der Waals surface area contributed by atoms with E-state index in [2.05, 4.69) is 5.32 Å². The monoisotopic (exact) mass is 334 g/mol.